The average molecular weight is 465 g/mol. The minimum Gasteiger partial charge on any atom is -0.496 e. The number of aromatic nitrogens is 1. The Kier molecular flexibility index (Phi) is 6.52. The first-order chi connectivity index (χ1) is 16.6. The maximum atomic E-state index is 13.9. The molecule has 8 heteroatoms. The molecule has 3 amide bonds. The number of likely N-dealkylation sites (tertiary alicyclic amines) is 1. The van der Waals surface area contributed by atoms with E-state index in [1.54, 1.807) is 13.3 Å². The number of benzene rings is 1. The van der Waals surface area contributed by atoms with Gasteiger partial charge in [-0.1, -0.05) is 24.3 Å². The van der Waals surface area contributed by atoms with Crippen LogP contribution in [0.4, 0.5) is 4.79 Å². The fourth-order valence-electron chi connectivity index (χ4n) is 5.61. The Bertz CT molecular complexity index is 1020. The average Bonchev–Trinajstić information content (AvgIpc) is 3.48. The molecule has 0 saturated carbocycles. The van der Waals surface area contributed by atoms with E-state index in [4.69, 9.17) is 9.47 Å². The number of urea groups is 1. The molecule has 1 aromatic heterocycles. The molecule has 3 saturated heterocycles. The van der Waals surface area contributed by atoms with E-state index in [2.05, 4.69) is 21.3 Å². The molecule has 0 unspecified atom stereocenters. The summed E-state index contributed by atoms with van der Waals surface area (Å²) in [6, 6.07) is 13.3. The Balaban J connectivity index is 1.35. The molecule has 8 nitrogen and oxygen atoms in total. The van der Waals surface area contributed by atoms with Crippen LogP contribution in [0.3, 0.4) is 0 Å². The molecule has 0 radical (unpaired) electrons. The summed E-state index contributed by atoms with van der Waals surface area (Å²) in [7, 11) is 1.69. The maximum absolute atomic E-state index is 13.9. The van der Waals surface area contributed by atoms with E-state index in [9.17, 15) is 9.59 Å². The lowest BCUT2D eigenvalue weighted by Crippen LogP contribution is -2.54. The van der Waals surface area contributed by atoms with Crippen LogP contribution in [0.2, 0.25) is 0 Å². The fourth-order valence-corrected chi connectivity index (χ4v) is 5.61. The fraction of sp³-hybridized carbons (Fsp3) is 0.500. The number of para-hydroxylation sites is 1. The van der Waals surface area contributed by atoms with Crippen molar-refractivity contribution in [2.24, 2.45) is 5.92 Å². The molecule has 0 aliphatic carbocycles. The van der Waals surface area contributed by atoms with Gasteiger partial charge in [0.1, 0.15) is 5.75 Å². The van der Waals surface area contributed by atoms with Crippen molar-refractivity contribution in [3.63, 3.8) is 0 Å². The molecule has 0 bridgehead atoms. The highest BCUT2D eigenvalue weighted by Gasteiger charge is 2.58. The van der Waals surface area contributed by atoms with Crippen LogP contribution in [-0.4, -0.2) is 66.2 Å². The third kappa shape index (κ3) is 4.16. The normalized spacial score (nSPS) is 26.1. The third-order valence-electron chi connectivity index (χ3n) is 7.40. The van der Waals surface area contributed by atoms with Gasteiger partial charge in [-0.15, -0.1) is 0 Å². The van der Waals surface area contributed by atoms with Crippen LogP contribution in [0, 0.1) is 5.92 Å². The number of carbonyl (C=O) groups excluding carboxylic acids is 2. The van der Waals surface area contributed by atoms with Gasteiger partial charge in [0.2, 0.25) is 0 Å². The first-order valence-corrected chi connectivity index (χ1v) is 12.1. The minimum atomic E-state index is -1.13. The predicted molar refractivity (Wildman–Crippen MR) is 126 cm³/mol. The van der Waals surface area contributed by atoms with Crippen LogP contribution < -0.4 is 10.1 Å². The summed E-state index contributed by atoms with van der Waals surface area (Å²) >= 11 is 0. The number of nitrogens with zero attached hydrogens (tertiary/aromatic N) is 3. The van der Waals surface area contributed by atoms with Gasteiger partial charge in [-0.25, -0.2) is 4.79 Å². The zero-order valence-electron chi connectivity index (χ0n) is 19.6. The first kappa shape index (κ1) is 22.8. The van der Waals surface area contributed by atoms with Gasteiger partial charge in [-0.3, -0.25) is 19.6 Å². The summed E-state index contributed by atoms with van der Waals surface area (Å²) in [5, 5.41) is 3.09. The first-order valence-electron chi connectivity index (χ1n) is 12.1. The summed E-state index contributed by atoms with van der Waals surface area (Å²) < 4.78 is 11.2. The minimum absolute atomic E-state index is 0.0396. The van der Waals surface area contributed by atoms with Gasteiger partial charge in [-0.2, -0.15) is 0 Å². The number of imide groups is 1. The Hall–Kier alpha value is -2.97. The third-order valence-corrected chi connectivity index (χ3v) is 7.40. The molecule has 3 aliphatic rings. The summed E-state index contributed by atoms with van der Waals surface area (Å²) in [5.41, 5.74) is 0.634. The number of rotatable bonds is 7. The topological polar surface area (TPSA) is 84.0 Å². The van der Waals surface area contributed by atoms with E-state index in [1.807, 2.05) is 36.4 Å². The van der Waals surface area contributed by atoms with E-state index in [0.29, 0.717) is 18.8 Å². The molecule has 1 aromatic carbocycles. The number of hydrogen-bond acceptors (Lipinski definition) is 6. The number of pyridine rings is 1. The molecule has 2 aromatic rings. The van der Waals surface area contributed by atoms with Crippen LogP contribution in [0.15, 0.2) is 48.7 Å². The largest absolute Gasteiger partial charge is 0.496 e. The van der Waals surface area contributed by atoms with Gasteiger partial charge in [0.05, 0.1) is 25.5 Å². The lowest BCUT2D eigenvalue weighted by molar-refractivity contribution is -0.135. The van der Waals surface area contributed by atoms with Crippen molar-refractivity contribution in [2.45, 2.75) is 43.9 Å². The van der Waals surface area contributed by atoms with Crippen molar-refractivity contribution in [3.05, 3.63) is 59.9 Å². The second-order valence-electron chi connectivity index (χ2n) is 9.37. The van der Waals surface area contributed by atoms with Gasteiger partial charge in [0.15, 0.2) is 5.54 Å². The quantitative estimate of drug-likeness (QED) is 0.635. The van der Waals surface area contributed by atoms with Gasteiger partial charge in [-0.05, 0) is 62.9 Å². The molecule has 34 heavy (non-hydrogen) atoms. The second kappa shape index (κ2) is 9.72. The molecule has 4 heterocycles. The van der Waals surface area contributed by atoms with Crippen molar-refractivity contribution < 1.29 is 19.1 Å². The number of carbonyl (C=O) groups is 2. The number of amides is 3. The standard InChI is InChI=1S/C26H32N4O4/c1-33-22-9-3-2-7-19(22)17-29-14-11-20(12-15-29)26(23-10-4-5-13-27-23)24(31)30(25(32)28-26)18-21-8-6-16-34-21/h2-5,7,9-10,13,20-21H,6,8,11-12,14-18H2,1H3,(H,28,32)/t21-,26-/m0/s1. The molecule has 3 fully saturated rings. The summed E-state index contributed by atoms with van der Waals surface area (Å²) in [6.07, 6.45) is 5.00. The maximum Gasteiger partial charge on any atom is 0.325 e. The van der Waals surface area contributed by atoms with Gasteiger partial charge < -0.3 is 14.8 Å². The van der Waals surface area contributed by atoms with Crippen molar-refractivity contribution >= 4 is 11.9 Å². The number of methoxy groups -OCH3 is 1. The van der Waals surface area contributed by atoms with Gasteiger partial charge in [0, 0.05) is 24.9 Å². The van der Waals surface area contributed by atoms with E-state index in [0.717, 1.165) is 56.6 Å². The number of piperidine rings is 1. The zero-order chi connectivity index (χ0) is 23.5. The lowest BCUT2D eigenvalue weighted by Gasteiger charge is -2.40. The molecule has 5 rings (SSSR count). The number of ether oxygens (including phenoxy) is 2. The lowest BCUT2D eigenvalue weighted by atomic mass is 9.75. The van der Waals surface area contributed by atoms with E-state index in [-0.39, 0.29) is 24.0 Å². The zero-order valence-corrected chi connectivity index (χ0v) is 19.6. The van der Waals surface area contributed by atoms with Crippen molar-refractivity contribution in [1.82, 2.24) is 20.1 Å². The Morgan fingerprint density at radius 2 is 1.91 bits per heavy atom. The van der Waals surface area contributed by atoms with E-state index in [1.165, 1.54) is 4.90 Å². The molecule has 180 valence electrons. The monoisotopic (exact) mass is 464 g/mol. The van der Waals surface area contributed by atoms with Gasteiger partial charge >= 0.3 is 6.03 Å². The molecular weight excluding hydrogens is 432 g/mol. The highest BCUT2D eigenvalue weighted by molar-refractivity contribution is 6.07. The van der Waals surface area contributed by atoms with Crippen LogP contribution in [-0.2, 0) is 21.6 Å². The summed E-state index contributed by atoms with van der Waals surface area (Å²) in [5.74, 6) is 0.648. The smallest absolute Gasteiger partial charge is 0.325 e. The van der Waals surface area contributed by atoms with Crippen molar-refractivity contribution in [3.8, 4) is 5.75 Å². The molecule has 0 spiro atoms. The Morgan fingerprint density at radius 3 is 2.62 bits per heavy atom. The SMILES string of the molecule is COc1ccccc1CN1CCC([C@@]2(c3ccccn3)NC(=O)N(C[C@@H]3CCCO3)C2=O)CC1. The van der Waals surface area contributed by atoms with Crippen molar-refractivity contribution in [2.75, 3.05) is 33.4 Å². The van der Waals surface area contributed by atoms with Crippen molar-refractivity contribution in [1.29, 1.82) is 0 Å². The highest BCUT2D eigenvalue weighted by Crippen LogP contribution is 2.41. The van der Waals surface area contributed by atoms with E-state index >= 15 is 0 Å². The molecule has 1 N–H and O–H groups in total. The number of nitrogens with one attached hydrogen (secondary N) is 1. The number of hydrogen-bond donors (Lipinski definition) is 1. The van der Waals surface area contributed by atoms with Crippen LogP contribution >= 0.6 is 0 Å². The Labute approximate surface area is 200 Å². The highest BCUT2D eigenvalue weighted by atomic mass is 16.5. The Morgan fingerprint density at radius 1 is 1.12 bits per heavy atom. The van der Waals surface area contributed by atoms with Crippen LogP contribution in [0.5, 0.6) is 5.75 Å². The van der Waals surface area contributed by atoms with E-state index < -0.39 is 5.54 Å². The van der Waals surface area contributed by atoms with Crippen LogP contribution in [0.25, 0.3) is 0 Å². The second-order valence-corrected chi connectivity index (χ2v) is 9.37. The molecule has 2 atom stereocenters. The van der Waals surface area contributed by atoms with Gasteiger partial charge in [0.25, 0.3) is 5.91 Å². The molecule has 3 aliphatic heterocycles. The molecular formula is C26H32N4O4. The predicted octanol–water partition coefficient (Wildman–Crippen LogP) is 2.93. The van der Waals surface area contributed by atoms with Crippen LogP contribution in [0.1, 0.15) is 36.9 Å². The summed E-state index contributed by atoms with van der Waals surface area (Å²) in [6.45, 7) is 3.42. The summed E-state index contributed by atoms with van der Waals surface area (Å²) in [4.78, 5) is 35.2.